The maximum atomic E-state index is 12.4. The van der Waals surface area contributed by atoms with Crippen LogP contribution < -0.4 is 10.0 Å². The highest BCUT2D eigenvalue weighted by molar-refractivity contribution is 14.0. The van der Waals surface area contributed by atoms with Crippen LogP contribution in [0.2, 0.25) is 0 Å². The number of hydrogen-bond donors (Lipinski definition) is 2. The number of halogens is 1. The van der Waals surface area contributed by atoms with Gasteiger partial charge in [-0.1, -0.05) is 12.1 Å². The minimum Gasteiger partial charge on any atom is -0.459 e. The van der Waals surface area contributed by atoms with Crippen molar-refractivity contribution in [3.05, 3.63) is 54.0 Å². The lowest BCUT2D eigenvalue weighted by molar-refractivity contribution is 0.0657. The molecule has 30 heavy (non-hydrogen) atoms. The third kappa shape index (κ3) is 5.73. The lowest BCUT2D eigenvalue weighted by Gasteiger charge is -2.36. The molecule has 0 spiro atoms. The molecule has 0 radical (unpaired) electrons. The van der Waals surface area contributed by atoms with Gasteiger partial charge in [0.15, 0.2) is 11.7 Å². The Hall–Kier alpha value is -2.12. The zero-order valence-electron chi connectivity index (χ0n) is 16.9. The normalized spacial score (nSPS) is 14.9. The fourth-order valence-electron chi connectivity index (χ4n) is 3.10. The predicted molar refractivity (Wildman–Crippen MR) is 124 cm³/mol. The molecule has 0 aliphatic carbocycles. The summed E-state index contributed by atoms with van der Waals surface area (Å²) in [6, 6.07) is 10.1. The van der Waals surface area contributed by atoms with Gasteiger partial charge in [0.2, 0.25) is 10.0 Å². The average molecular weight is 547 g/mol. The maximum Gasteiger partial charge on any atom is 0.289 e. The molecule has 2 N–H and O–H groups in total. The van der Waals surface area contributed by atoms with Crippen LogP contribution in [0.3, 0.4) is 0 Å². The summed E-state index contributed by atoms with van der Waals surface area (Å²) in [5.41, 5.74) is 0.938. The molecular formula is C19H26IN5O4S. The molecule has 1 aliphatic rings. The highest BCUT2D eigenvalue weighted by atomic mass is 127. The number of carbonyl (C=O) groups is 1. The smallest absolute Gasteiger partial charge is 0.289 e. The molecule has 0 bridgehead atoms. The van der Waals surface area contributed by atoms with Gasteiger partial charge in [-0.15, -0.1) is 24.0 Å². The van der Waals surface area contributed by atoms with E-state index in [2.05, 4.69) is 19.9 Å². The largest absolute Gasteiger partial charge is 0.459 e. The van der Waals surface area contributed by atoms with Gasteiger partial charge in [0.1, 0.15) is 0 Å². The fourth-order valence-corrected chi connectivity index (χ4v) is 3.83. The van der Waals surface area contributed by atoms with Crippen LogP contribution in [0.1, 0.15) is 16.1 Å². The predicted octanol–water partition coefficient (Wildman–Crippen LogP) is 1.34. The topological polar surface area (TPSA) is 107 Å². The number of rotatable bonds is 5. The highest BCUT2D eigenvalue weighted by Gasteiger charge is 2.25. The van der Waals surface area contributed by atoms with Crippen LogP contribution in [0, 0.1) is 0 Å². The average Bonchev–Trinajstić information content (AvgIpc) is 3.29. The van der Waals surface area contributed by atoms with Crippen molar-refractivity contribution in [2.75, 3.05) is 40.3 Å². The van der Waals surface area contributed by atoms with Crippen molar-refractivity contribution in [3.8, 4) is 0 Å². The third-order valence-corrected chi connectivity index (χ3v) is 6.19. The summed E-state index contributed by atoms with van der Waals surface area (Å²) < 4.78 is 31.1. The Morgan fingerprint density at radius 3 is 2.27 bits per heavy atom. The van der Waals surface area contributed by atoms with E-state index in [4.69, 9.17) is 4.42 Å². The van der Waals surface area contributed by atoms with E-state index in [0.717, 1.165) is 11.5 Å². The first-order valence-corrected chi connectivity index (χ1v) is 10.7. The Morgan fingerprint density at radius 2 is 1.73 bits per heavy atom. The number of nitrogens with zero attached hydrogens (tertiary/aromatic N) is 3. The summed E-state index contributed by atoms with van der Waals surface area (Å²) in [7, 11) is -0.339. The number of nitrogens with one attached hydrogen (secondary N) is 2. The zero-order chi connectivity index (χ0) is 20.9. The van der Waals surface area contributed by atoms with Crippen LogP contribution in [0.5, 0.6) is 0 Å². The van der Waals surface area contributed by atoms with Crippen LogP contribution in [0.4, 0.5) is 0 Å². The van der Waals surface area contributed by atoms with Crippen molar-refractivity contribution in [1.29, 1.82) is 0 Å². The molecule has 9 nitrogen and oxygen atoms in total. The van der Waals surface area contributed by atoms with Crippen molar-refractivity contribution in [2.24, 2.45) is 4.99 Å². The van der Waals surface area contributed by atoms with E-state index < -0.39 is 10.0 Å². The molecule has 2 aromatic rings. The van der Waals surface area contributed by atoms with Crippen LogP contribution in [0.25, 0.3) is 0 Å². The Balaban J connectivity index is 0.00000320. The van der Waals surface area contributed by atoms with Crippen LogP contribution in [-0.2, 0) is 16.6 Å². The van der Waals surface area contributed by atoms with Gasteiger partial charge in [-0.25, -0.2) is 13.1 Å². The number of guanidine groups is 1. The second-order valence-corrected chi connectivity index (χ2v) is 8.40. The Morgan fingerprint density at radius 1 is 1.10 bits per heavy atom. The summed E-state index contributed by atoms with van der Waals surface area (Å²) in [4.78, 5) is 20.8. The first kappa shape index (κ1) is 24.2. The molecule has 3 rings (SSSR count). The number of sulfonamides is 1. The monoisotopic (exact) mass is 547 g/mol. The van der Waals surface area contributed by atoms with Gasteiger partial charge in [-0.3, -0.25) is 9.79 Å². The molecule has 1 aromatic heterocycles. The molecule has 1 fully saturated rings. The summed E-state index contributed by atoms with van der Waals surface area (Å²) >= 11 is 0. The first-order chi connectivity index (χ1) is 13.9. The van der Waals surface area contributed by atoms with Crippen molar-refractivity contribution in [2.45, 2.75) is 11.4 Å². The van der Waals surface area contributed by atoms with Gasteiger partial charge in [-0.2, -0.15) is 0 Å². The number of hydrogen-bond acceptors (Lipinski definition) is 5. The minimum absolute atomic E-state index is 0. The van der Waals surface area contributed by atoms with E-state index in [1.165, 1.54) is 13.3 Å². The van der Waals surface area contributed by atoms with Crippen LogP contribution in [0.15, 0.2) is 57.0 Å². The summed E-state index contributed by atoms with van der Waals surface area (Å²) in [5.74, 6) is 0.987. The molecule has 1 aliphatic heterocycles. The van der Waals surface area contributed by atoms with E-state index in [1.807, 2.05) is 0 Å². The molecule has 1 amide bonds. The van der Waals surface area contributed by atoms with E-state index in [-0.39, 0.29) is 34.8 Å². The van der Waals surface area contributed by atoms with Crippen molar-refractivity contribution >= 4 is 45.9 Å². The maximum absolute atomic E-state index is 12.4. The minimum atomic E-state index is -3.44. The highest BCUT2D eigenvalue weighted by Crippen LogP contribution is 2.11. The van der Waals surface area contributed by atoms with Gasteiger partial charge in [0.05, 0.1) is 11.2 Å². The van der Waals surface area contributed by atoms with E-state index in [9.17, 15) is 13.2 Å². The molecule has 1 saturated heterocycles. The SMILES string of the molecule is CN=C(NCc1ccc(S(=O)(=O)NC)cc1)N1CCN(C(=O)c2ccco2)CC1.I. The van der Waals surface area contributed by atoms with Crippen molar-refractivity contribution < 1.29 is 17.6 Å². The van der Waals surface area contributed by atoms with E-state index in [1.54, 1.807) is 48.3 Å². The second kappa shape index (κ2) is 10.8. The summed E-state index contributed by atoms with van der Waals surface area (Å²) in [6.45, 7) is 2.99. The first-order valence-electron chi connectivity index (χ1n) is 9.25. The Kier molecular flexibility index (Phi) is 8.67. The number of piperazine rings is 1. The molecule has 0 atom stereocenters. The molecule has 0 saturated carbocycles. The van der Waals surface area contributed by atoms with Gasteiger partial charge in [-0.05, 0) is 36.9 Å². The summed E-state index contributed by atoms with van der Waals surface area (Å²) in [6.07, 6.45) is 1.50. The van der Waals surface area contributed by atoms with E-state index >= 15 is 0 Å². The van der Waals surface area contributed by atoms with Gasteiger partial charge in [0.25, 0.3) is 5.91 Å². The number of aliphatic imine (C=N–C) groups is 1. The fraction of sp³-hybridized carbons (Fsp3) is 0.368. The van der Waals surface area contributed by atoms with Gasteiger partial charge >= 0.3 is 0 Å². The molecule has 0 unspecified atom stereocenters. The number of carbonyl (C=O) groups excluding carboxylic acids is 1. The Bertz CT molecular complexity index is 953. The molecule has 1 aromatic carbocycles. The summed E-state index contributed by atoms with van der Waals surface area (Å²) in [5, 5.41) is 3.29. The number of furan rings is 1. The second-order valence-electron chi connectivity index (χ2n) is 6.51. The lowest BCUT2D eigenvalue weighted by atomic mass is 10.2. The molecule has 2 heterocycles. The molecule has 11 heteroatoms. The van der Waals surface area contributed by atoms with E-state index in [0.29, 0.717) is 38.5 Å². The van der Waals surface area contributed by atoms with Gasteiger partial charge in [0, 0.05) is 39.8 Å². The quantitative estimate of drug-likeness (QED) is 0.333. The van der Waals surface area contributed by atoms with Crippen molar-refractivity contribution in [1.82, 2.24) is 19.8 Å². The van der Waals surface area contributed by atoms with Gasteiger partial charge < -0.3 is 19.5 Å². The van der Waals surface area contributed by atoms with Crippen LogP contribution >= 0.6 is 24.0 Å². The third-order valence-electron chi connectivity index (χ3n) is 4.76. The number of benzene rings is 1. The lowest BCUT2D eigenvalue weighted by Crippen LogP contribution is -2.53. The zero-order valence-corrected chi connectivity index (χ0v) is 20.0. The Labute approximate surface area is 193 Å². The molecule has 164 valence electrons. The van der Waals surface area contributed by atoms with Crippen molar-refractivity contribution in [3.63, 3.8) is 0 Å². The standard InChI is InChI=1S/C19H25N5O4S.HI/c1-20-19(22-14-15-5-7-16(8-6-15)29(26,27)21-2)24-11-9-23(10-12-24)18(25)17-4-3-13-28-17;/h3-8,13,21H,9-12,14H2,1-2H3,(H,20,22);1H. The molecular weight excluding hydrogens is 521 g/mol. The number of amides is 1. The van der Waals surface area contributed by atoms with Crippen LogP contribution in [-0.4, -0.2) is 70.4 Å².